The van der Waals surface area contributed by atoms with Gasteiger partial charge in [0.05, 0.1) is 12.7 Å². The highest BCUT2D eigenvalue weighted by atomic mass is 16.5. The maximum absolute atomic E-state index is 12.7. The minimum Gasteiger partial charge on any atom is -0.496 e. The summed E-state index contributed by atoms with van der Waals surface area (Å²) < 4.78 is 5.47. The summed E-state index contributed by atoms with van der Waals surface area (Å²) in [6.45, 7) is 4.89. The molecule has 2 aromatic rings. The fourth-order valence-electron chi connectivity index (χ4n) is 2.95. The third kappa shape index (κ3) is 4.45. The van der Waals surface area contributed by atoms with Crippen LogP contribution in [0.25, 0.3) is 0 Å². The Morgan fingerprint density at radius 2 is 1.80 bits per heavy atom. The van der Waals surface area contributed by atoms with Crippen LogP contribution in [0, 0.1) is 0 Å². The molecule has 0 aromatic heterocycles. The standard InChI is InChI=1S/C20H25N3O2/c1-22-10-12-23(13-11-22)21-15-16-8-9-18(19(14-16)25-2)20(24)17-6-4-3-5-7-17/h3-9,14,21H,10-13,15H2,1-2H3. The number of carbonyl (C=O) groups excluding carboxylic acids is 1. The summed E-state index contributed by atoms with van der Waals surface area (Å²) in [6, 6.07) is 15.1. The van der Waals surface area contributed by atoms with Crippen LogP contribution in [0.2, 0.25) is 0 Å². The van der Waals surface area contributed by atoms with E-state index in [1.54, 1.807) is 7.11 Å². The van der Waals surface area contributed by atoms with Crippen molar-refractivity contribution in [1.82, 2.24) is 15.3 Å². The van der Waals surface area contributed by atoms with Gasteiger partial charge in [-0.1, -0.05) is 36.4 Å². The van der Waals surface area contributed by atoms with Gasteiger partial charge in [-0.2, -0.15) is 0 Å². The predicted molar refractivity (Wildman–Crippen MR) is 98.8 cm³/mol. The molecule has 1 heterocycles. The van der Waals surface area contributed by atoms with Gasteiger partial charge in [0.2, 0.25) is 0 Å². The summed E-state index contributed by atoms with van der Waals surface area (Å²) in [7, 11) is 3.75. The lowest BCUT2D eigenvalue weighted by Gasteiger charge is -2.32. The van der Waals surface area contributed by atoms with E-state index >= 15 is 0 Å². The monoisotopic (exact) mass is 339 g/mol. The number of methoxy groups -OCH3 is 1. The zero-order valence-electron chi connectivity index (χ0n) is 14.9. The van der Waals surface area contributed by atoms with Crippen molar-refractivity contribution in [3.05, 3.63) is 65.2 Å². The number of nitrogens with zero attached hydrogens (tertiary/aromatic N) is 2. The Kier molecular flexibility index (Phi) is 5.81. The van der Waals surface area contributed by atoms with Gasteiger partial charge in [0, 0.05) is 38.3 Å². The molecule has 1 fully saturated rings. The molecule has 3 rings (SSSR count). The van der Waals surface area contributed by atoms with Crippen molar-refractivity contribution < 1.29 is 9.53 Å². The van der Waals surface area contributed by atoms with Crippen molar-refractivity contribution in [2.45, 2.75) is 6.54 Å². The summed E-state index contributed by atoms with van der Waals surface area (Å²) >= 11 is 0. The number of likely N-dealkylation sites (N-methyl/N-ethyl adjacent to an activating group) is 1. The molecule has 1 aliphatic heterocycles. The predicted octanol–water partition coefficient (Wildman–Crippen LogP) is 2.18. The van der Waals surface area contributed by atoms with E-state index in [9.17, 15) is 4.79 Å². The molecule has 0 aliphatic carbocycles. The number of ketones is 1. The van der Waals surface area contributed by atoms with Gasteiger partial charge in [0.15, 0.2) is 5.78 Å². The van der Waals surface area contributed by atoms with E-state index < -0.39 is 0 Å². The molecule has 0 amide bonds. The van der Waals surface area contributed by atoms with Crippen molar-refractivity contribution in [3.63, 3.8) is 0 Å². The SMILES string of the molecule is COc1cc(CNN2CCN(C)CC2)ccc1C(=O)c1ccccc1. The van der Waals surface area contributed by atoms with E-state index in [0.717, 1.165) is 38.3 Å². The van der Waals surface area contributed by atoms with E-state index in [0.29, 0.717) is 16.9 Å². The van der Waals surface area contributed by atoms with Crippen LogP contribution < -0.4 is 10.2 Å². The fourth-order valence-corrected chi connectivity index (χ4v) is 2.95. The molecule has 1 saturated heterocycles. The van der Waals surface area contributed by atoms with Gasteiger partial charge in [0.25, 0.3) is 0 Å². The largest absolute Gasteiger partial charge is 0.496 e. The Bertz CT molecular complexity index is 710. The Hall–Kier alpha value is -2.21. The van der Waals surface area contributed by atoms with Gasteiger partial charge in [-0.25, -0.2) is 5.01 Å². The number of nitrogens with one attached hydrogen (secondary N) is 1. The van der Waals surface area contributed by atoms with Gasteiger partial charge in [-0.15, -0.1) is 0 Å². The summed E-state index contributed by atoms with van der Waals surface area (Å²) in [6.07, 6.45) is 0. The molecule has 0 spiro atoms. The summed E-state index contributed by atoms with van der Waals surface area (Å²) in [5.74, 6) is 0.600. The Balaban J connectivity index is 1.68. The van der Waals surface area contributed by atoms with Gasteiger partial charge >= 0.3 is 0 Å². The van der Waals surface area contributed by atoms with Crippen LogP contribution in [0.1, 0.15) is 21.5 Å². The van der Waals surface area contributed by atoms with E-state index in [4.69, 9.17) is 4.74 Å². The number of carbonyl (C=O) groups is 1. The lowest BCUT2D eigenvalue weighted by atomic mass is 10.0. The highest BCUT2D eigenvalue weighted by Gasteiger charge is 2.16. The minimum atomic E-state index is -0.0176. The zero-order chi connectivity index (χ0) is 17.6. The number of hydrogen-bond acceptors (Lipinski definition) is 5. The maximum Gasteiger partial charge on any atom is 0.196 e. The smallest absolute Gasteiger partial charge is 0.196 e. The topological polar surface area (TPSA) is 44.8 Å². The van der Waals surface area contributed by atoms with Gasteiger partial charge in [-0.3, -0.25) is 10.2 Å². The van der Waals surface area contributed by atoms with Crippen molar-refractivity contribution in [1.29, 1.82) is 0 Å². The van der Waals surface area contributed by atoms with Crippen molar-refractivity contribution in [3.8, 4) is 5.75 Å². The minimum absolute atomic E-state index is 0.0176. The van der Waals surface area contributed by atoms with E-state index in [-0.39, 0.29) is 5.78 Å². The van der Waals surface area contributed by atoms with Crippen molar-refractivity contribution in [2.75, 3.05) is 40.3 Å². The first kappa shape index (κ1) is 17.6. The molecule has 1 aliphatic rings. The number of piperazine rings is 1. The van der Waals surface area contributed by atoms with Gasteiger partial charge in [-0.05, 0) is 24.7 Å². The molecular formula is C20H25N3O2. The van der Waals surface area contributed by atoms with Crippen LogP contribution in [0.3, 0.4) is 0 Å². The molecule has 0 unspecified atom stereocenters. The summed E-state index contributed by atoms with van der Waals surface area (Å²) in [5, 5.41) is 2.25. The van der Waals surface area contributed by atoms with Crippen LogP contribution >= 0.6 is 0 Å². The third-order valence-electron chi connectivity index (χ3n) is 4.56. The first-order valence-electron chi connectivity index (χ1n) is 8.61. The van der Waals surface area contributed by atoms with E-state index in [1.807, 2.05) is 48.5 Å². The first-order chi connectivity index (χ1) is 12.2. The van der Waals surface area contributed by atoms with Crippen molar-refractivity contribution in [2.24, 2.45) is 0 Å². The molecule has 1 N–H and O–H groups in total. The average Bonchev–Trinajstić information content (AvgIpc) is 2.67. The second-order valence-electron chi connectivity index (χ2n) is 6.36. The molecule has 2 aromatic carbocycles. The number of hydrazine groups is 1. The molecule has 0 bridgehead atoms. The summed E-state index contributed by atoms with van der Waals surface area (Å²) in [5.41, 5.74) is 5.82. The number of hydrogen-bond donors (Lipinski definition) is 1. The zero-order valence-corrected chi connectivity index (χ0v) is 14.9. The van der Waals surface area contributed by atoms with Crippen molar-refractivity contribution >= 4 is 5.78 Å². The lowest BCUT2D eigenvalue weighted by molar-refractivity contribution is 0.102. The average molecular weight is 339 g/mol. The van der Waals surface area contributed by atoms with E-state index in [1.165, 1.54) is 0 Å². The third-order valence-corrected chi connectivity index (χ3v) is 4.56. The molecule has 5 nitrogen and oxygen atoms in total. The quantitative estimate of drug-likeness (QED) is 0.818. The van der Waals surface area contributed by atoms with E-state index in [2.05, 4.69) is 22.4 Å². The molecule has 0 radical (unpaired) electrons. The van der Waals surface area contributed by atoms with Crippen LogP contribution in [-0.4, -0.2) is 56.0 Å². The van der Waals surface area contributed by atoms with Crippen LogP contribution in [0.5, 0.6) is 5.75 Å². The van der Waals surface area contributed by atoms with Gasteiger partial charge < -0.3 is 9.64 Å². The van der Waals surface area contributed by atoms with Gasteiger partial charge in [0.1, 0.15) is 5.75 Å². The number of ether oxygens (including phenoxy) is 1. The Morgan fingerprint density at radius 1 is 1.08 bits per heavy atom. The highest BCUT2D eigenvalue weighted by Crippen LogP contribution is 2.23. The lowest BCUT2D eigenvalue weighted by Crippen LogP contribution is -2.50. The maximum atomic E-state index is 12.7. The Labute approximate surface area is 149 Å². The molecule has 132 valence electrons. The fraction of sp³-hybridized carbons (Fsp3) is 0.350. The molecular weight excluding hydrogens is 314 g/mol. The van der Waals surface area contributed by atoms with Crippen LogP contribution in [-0.2, 0) is 6.54 Å². The number of rotatable bonds is 6. The summed E-state index contributed by atoms with van der Waals surface area (Å²) in [4.78, 5) is 15.0. The second kappa shape index (κ2) is 8.25. The molecule has 25 heavy (non-hydrogen) atoms. The first-order valence-corrected chi connectivity index (χ1v) is 8.61. The molecule has 0 atom stereocenters. The molecule has 5 heteroatoms. The highest BCUT2D eigenvalue weighted by molar-refractivity contribution is 6.10. The van der Waals surface area contributed by atoms with Crippen LogP contribution in [0.15, 0.2) is 48.5 Å². The Morgan fingerprint density at radius 3 is 2.48 bits per heavy atom. The second-order valence-corrected chi connectivity index (χ2v) is 6.36. The normalized spacial score (nSPS) is 15.9. The van der Waals surface area contributed by atoms with Crippen LogP contribution in [0.4, 0.5) is 0 Å². The number of benzene rings is 2. The molecule has 0 saturated carbocycles.